The monoisotopic (exact) mass is 427 g/mol. The van der Waals surface area contributed by atoms with Crippen molar-refractivity contribution >= 4 is 28.8 Å². The maximum atomic E-state index is 10.6. The predicted octanol–water partition coefficient (Wildman–Crippen LogP) is 3.27. The summed E-state index contributed by atoms with van der Waals surface area (Å²) in [4.78, 5) is 19.4. The SMILES string of the molecule is CCCCCNc1nc(N)nc2ccn(Cc3ccc(COCC(=O)O)cc3OC)c12. The van der Waals surface area contributed by atoms with Gasteiger partial charge in [0.1, 0.15) is 17.9 Å². The summed E-state index contributed by atoms with van der Waals surface area (Å²) in [6, 6.07) is 7.65. The lowest BCUT2D eigenvalue weighted by Crippen LogP contribution is -2.09. The summed E-state index contributed by atoms with van der Waals surface area (Å²) in [5, 5.41) is 12.1. The Labute approximate surface area is 181 Å². The number of methoxy groups -OCH3 is 1. The Morgan fingerprint density at radius 1 is 1.26 bits per heavy atom. The van der Waals surface area contributed by atoms with E-state index >= 15 is 0 Å². The van der Waals surface area contributed by atoms with E-state index in [0.717, 1.165) is 53.8 Å². The number of nitrogens with two attached hydrogens (primary N) is 1. The van der Waals surface area contributed by atoms with Gasteiger partial charge in [0, 0.05) is 18.3 Å². The summed E-state index contributed by atoms with van der Waals surface area (Å²) < 4.78 is 12.8. The topological polar surface area (TPSA) is 125 Å². The molecule has 0 unspecified atom stereocenters. The number of aliphatic carboxylic acids is 1. The highest BCUT2D eigenvalue weighted by atomic mass is 16.5. The number of rotatable bonds is 12. The number of nitrogen functional groups attached to an aromatic ring is 1. The molecule has 0 saturated heterocycles. The van der Waals surface area contributed by atoms with Gasteiger partial charge in [0.15, 0.2) is 5.82 Å². The van der Waals surface area contributed by atoms with Crippen LogP contribution in [0.15, 0.2) is 30.5 Å². The summed E-state index contributed by atoms with van der Waals surface area (Å²) in [5.41, 5.74) is 9.38. The van der Waals surface area contributed by atoms with Gasteiger partial charge in [-0.05, 0) is 24.1 Å². The van der Waals surface area contributed by atoms with Gasteiger partial charge in [-0.25, -0.2) is 9.78 Å². The Hall–Kier alpha value is -3.33. The smallest absolute Gasteiger partial charge is 0.329 e. The normalized spacial score (nSPS) is 11.0. The second-order valence-corrected chi connectivity index (χ2v) is 7.27. The molecule has 0 aliphatic carbocycles. The van der Waals surface area contributed by atoms with E-state index in [-0.39, 0.29) is 19.2 Å². The van der Waals surface area contributed by atoms with Crippen molar-refractivity contribution in [2.75, 3.05) is 31.3 Å². The standard InChI is InChI=1S/C22H29N5O4/c1-3-4-5-9-24-21-20-17(25-22(23)26-21)8-10-27(20)12-16-7-6-15(11-18(16)30-2)13-31-14-19(28)29/h6-8,10-11H,3-5,9,12-14H2,1-2H3,(H,28,29)(H3,23,24,25,26). The van der Waals surface area contributed by atoms with E-state index in [1.807, 2.05) is 30.5 Å². The number of carboxylic acid groups (broad SMARTS) is 1. The van der Waals surface area contributed by atoms with Gasteiger partial charge in [-0.1, -0.05) is 31.9 Å². The molecule has 3 rings (SSSR count). The Kier molecular flexibility index (Phi) is 7.66. The molecule has 9 nitrogen and oxygen atoms in total. The summed E-state index contributed by atoms with van der Waals surface area (Å²) in [5.74, 6) is 0.671. The van der Waals surface area contributed by atoms with Crippen molar-refractivity contribution in [3.8, 4) is 5.75 Å². The molecule has 2 aromatic heterocycles. The number of unbranched alkanes of at least 4 members (excludes halogenated alkanes) is 2. The molecule has 9 heteroatoms. The molecular weight excluding hydrogens is 398 g/mol. The molecule has 0 aliphatic rings. The zero-order valence-corrected chi connectivity index (χ0v) is 17.9. The highest BCUT2D eigenvalue weighted by molar-refractivity contribution is 5.87. The quantitative estimate of drug-likeness (QED) is 0.376. The van der Waals surface area contributed by atoms with E-state index in [1.165, 1.54) is 0 Å². The molecule has 0 aliphatic heterocycles. The van der Waals surface area contributed by atoms with Crippen molar-refractivity contribution < 1.29 is 19.4 Å². The molecular formula is C22H29N5O4. The van der Waals surface area contributed by atoms with Gasteiger partial charge in [-0.2, -0.15) is 4.98 Å². The van der Waals surface area contributed by atoms with Crippen molar-refractivity contribution in [1.82, 2.24) is 14.5 Å². The Morgan fingerprint density at radius 3 is 2.84 bits per heavy atom. The van der Waals surface area contributed by atoms with Crippen molar-refractivity contribution in [3.05, 3.63) is 41.6 Å². The number of hydrogen-bond acceptors (Lipinski definition) is 7. The van der Waals surface area contributed by atoms with Crippen LogP contribution in [-0.2, 0) is 22.7 Å². The average Bonchev–Trinajstić information content (AvgIpc) is 3.14. The number of benzene rings is 1. The first-order valence-electron chi connectivity index (χ1n) is 10.3. The van der Waals surface area contributed by atoms with Gasteiger partial charge in [0.2, 0.25) is 5.95 Å². The van der Waals surface area contributed by atoms with Crippen molar-refractivity contribution in [2.45, 2.75) is 39.3 Å². The van der Waals surface area contributed by atoms with Crippen LogP contribution in [0.5, 0.6) is 5.75 Å². The fraction of sp³-hybridized carbons (Fsp3) is 0.409. The zero-order chi connectivity index (χ0) is 22.2. The fourth-order valence-corrected chi connectivity index (χ4v) is 3.41. The molecule has 0 saturated carbocycles. The Morgan fingerprint density at radius 2 is 2.10 bits per heavy atom. The van der Waals surface area contributed by atoms with E-state index in [2.05, 4.69) is 26.8 Å². The molecule has 166 valence electrons. The first kappa shape index (κ1) is 22.4. The minimum atomic E-state index is -0.995. The Balaban J connectivity index is 1.83. The van der Waals surface area contributed by atoms with Crippen LogP contribution in [0.4, 0.5) is 11.8 Å². The van der Waals surface area contributed by atoms with Crippen LogP contribution in [0.1, 0.15) is 37.3 Å². The maximum Gasteiger partial charge on any atom is 0.329 e. The summed E-state index contributed by atoms with van der Waals surface area (Å²) >= 11 is 0. The van der Waals surface area contributed by atoms with Crippen LogP contribution in [0.25, 0.3) is 11.0 Å². The van der Waals surface area contributed by atoms with Crippen molar-refractivity contribution in [1.29, 1.82) is 0 Å². The molecule has 0 spiro atoms. The van der Waals surface area contributed by atoms with Crippen LogP contribution in [0.2, 0.25) is 0 Å². The molecule has 0 amide bonds. The minimum Gasteiger partial charge on any atom is -0.496 e. The first-order valence-corrected chi connectivity index (χ1v) is 10.3. The van der Waals surface area contributed by atoms with Gasteiger partial charge in [0.05, 0.1) is 25.8 Å². The molecule has 3 aromatic rings. The number of carbonyl (C=O) groups is 1. The van der Waals surface area contributed by atoms with Gasteiger partial charge >= 0.3 is 5.97 Å². The number of fused-ring (bicyclic) bond motifs is 1. The van der Waals surface area contributed by atoms with Gasteiger partial charge in [-0.3, -0.25) is 0 Å². The summed E-state index contributed by atoms with van der Waals surface area (Å²) in [7, 11) is 1.61. The van der Waals surface area contributed by atoms with Crippen LogP contribution in [0.3, 0.4) is 0 Å². The lowest BCUT2D eigenvalue weighted by Gasteiger charge is -2.14. The number of aromatic nitrogens is 3. The van der Waals surface area contributed by atoms with Crippen LogP contribution in [-0.4, -0.2) is 45.9 Å². The van der Waals surface area contributed by atoms with Crippen molar-refractivity contribution in [3.63, 3.8) is 0 Å². The third kappa shape index (κ3) is 5.85. The number of ether oxygens (including phenoxy) is 2. The van der Waals surface area contributed by atoms with Gasteiger partial charge in [-0.15, -0.1) is 0 Å². The Bertz CT molecular complexity index is 1030. The largest absolute Gasteiger partial charge is 0.496 e. The molecule has 31 heavy (non-hydrogen) atoms. The number of nitrogens with zero attached hydrogens (tertiary/aromatic N) is 3. The highest BCUT2D eigenvalue weighted by Crippen LogP contribution is 2.27. The fourth-order valence-electron chi connectivity index (χ4n) is 3.41. The number of hydrogen-bond donors (Lipinski definition) is 3. The molecule has 0 atom stereocenters. The second kappa shape index (κ2) is 10.6. The zero-order valence-electron chi connectivity index (χ0n) is 17.9. The van der Waals surface area contributed by atoms with Gasteiger partial charge in [0.25, 0.3) is 0 Å². The highest BCUT2D eigenvalue weighted by Gasteiger charge is 2.13. The predicted molar refractivity (Wildman–Crippen MR) is 119 cm³/mol. The number of anilines is 2. The molecule has 4 N–H and O–H groups in total. The van der Waals surface area contributed by atoms with Crippen LogP contribution >= 0.6 is 0 Å². The lowest BCUT2D eigenvalue weighted by atomic mass is 10.1. The van der Waals surface area contributed by atoms with Crippen molar-refractivity contribution in [2.24, 2.45) is 0 Å². The van der Waals surface area contributed by atoms with E-state index in [9.17, 15) is 4.79 Å². The summed E-state index contributed by atoms with van der Waals surface area (Å²) in [6.45, 7) is 3.41. The second-order valence-electron chi connectivity index (χ2n) is 7.27. The first-order chi connectivity index (χ1) is 15.0. The van der Waals surface area contributed by atoms with Crippen LogP contribution < -0.4 is 15.8 Å². The molecule has 0 bridgehead atoms. The maximum absolute atomic E-state index is 10.6. The third-order valence-corrected chi connectivity index (χ3v) is 4.89. The molecule has 0 fully saturated rings. The van der Waals surface area contributed by atoms with E-state index in [0.29, 0.717) is 12.3 Å². The van der Waals surface area contributed by atoms with E-state index in [1.54, 1.807) is 7.11 Å². The van der Waals surface area contributed by atoms with E-state index in [4.69, 9.17) is 20.3 Å². The average molecular weight is 428 g/mol. The van der Waals surface area contributed by atoms with Gasteiger partial charge < -0.3 is 30.2 Å². The molecule has 1 aromatic carbocycles. The minimum absolute atomic E-state index is 0.203. The third-order valence-electron chi connectivity index (χ3n) is 4.89. The summed E-state index contributed by atoms with van der Waals surface area (Å²) in [6.07, 6.45) is 5.31. The number of carboxylic acids is 1. The van der Waals surface area contributed by atoms with Crippen LogP contribution in [0, 0.1) is 0 Å². The lowest BCUT2D eigenvalue weighted by molar-refractivity contribution is -0.142. The number of nitrogens with one attached hydrogen (secondary N) is 1. The molecule has 0 radical (unpaired) electrons. The van der Waals surface area contributed by atoms with E-state index < -0.39 is 5.97 Å². The molecule has 2 heterocycles.